The van der Waals surface area contributed by atoms with E-state index in [0.717, 1.165) is 63.9 Å². The molecule has 1 aromatic heterocycles. The van der Waals surface area contributed by atoms with Crippen LogP contribution in [0.15, 0.2) is 51.9 Å². The Morgan fingerprint density at radius 3 is 2.33 bits per heavy atom. The number of phenolic OH excluding ortho intramolecular Hbond substituents is 2. The molecule has 0 radical (unpaired) electrons. The Balaban J connectivity index is 1.27. The second kappa shape index (κ2) is 10.7. The molecule has 2 heterocycles. The number of rotatable bonds is 9. The second-order valence-corrected chi connectivity index (χ2v) is 8.30. The van der Waals surface area contributed by atoms with Gasteiger partial charge in [-0.1, -0.05) is 12.1 Å². The standard InChI is InChI=1S/C25H30N2O6/c28-13-12-27-10-8-26(9-11-27)7-1-2-14-32-20-5-3-18(4-6-20)21-17-33-23-16-19(29)15-22(30)24(23)25(21)31/h3-6,15-17,28-30H,1-2,7-14H2. The van der Waals surface area contributed by atoms with Crippen LogP contribution in [0.2, 0.25) is 0 Å². The zero-order valence-electron chi connectivity index (χ0n) is 18.6. The van der Waals surface area contributed by atoms with E-state index in [1.807, 2.05) is 12.1 Å². The van der Waals surface area contributed by atoms with Crippen molar-refractivity contribution in [2.45, 2.75) is 12.8 Å². The molecule has 1 aliphatic heterocycles. The first-order valence-corrected chi connectivity index (χ1v) is 11.3. The van der Waals surface area contributed by atoms with Crippen molar-refractivity contribution in [1.29, 1.82) is 0 Å². The first kappa shape index (κ1) is 23.1. The monoisotopic (exact) mass is 454 g/mol. The summed E-state index contributed by atoms with van der Waals surface area (Å²) < 4.78 is 11.3. The van der Waals surface area contributed by atoms with Crippen molar-refractivity contribution in [2.24, 2.45) is 0 Å². The number of piperazine rings is 1. The molecular weight excluding hydrogens is 424 g/mol. The molecule has 3 N–H and O–H groups in total. The van der Waals surface area contributed by atoms with E-state index in [9.17, 15) is 15.0 Å². The fourth-order valence-corrected chi connectivity index (χ4v) is 4.15. The zero-order valence-corrected chi connectivity index (χ0v) is 18.6. The number of phenols is 2. The number of benzene rings is 2. The highest BCUT2D eigenvalue weighted by molar-refractivity contribution is 5.88. The van der Waals surface area contributed by atoms with Crippen LogP contribution in [0.3, 0.4) is 0 Å². The highest BCUT2D eigenvalue weighted by Gasteiger charge is 2.16. The average molecular weight is 455 g/mol. The van der Waals surface area contributed by atoms with Crippen LogP contribution in [0.25, 0.3) is 22.1 Å². The molecule has 0 aliphatic carbocycles. The van der Waals surface area contributed by atoms with Gasteiger partial charge in [-0.15, -0.1) is 0 Å². The Morgan fingerprint density at radius 2 is 1.64 bits per heavy atom. The highest BCUT2D eigenvalue weighted by Crippen LogP contribution is 2.30. The molecule has 1 saturated heterocycles. The number of aliphatic hydroxyl groups excluding tert-OH is 1. The summed E-state index contributed by atoms with van der Waals surface area (Å²) in [7, 11) is 0. The minimum Gasteiger partial charge on any atom is -0.508 e. The van der Waals surface area contributed by atoms with E-state index in [4.69, 9.17) is 14.3 Å². The molecule has 8 heteroatoms. The fraction of sp³-hybridized carbons (Fsp3) is 0.400. The van der Waals surface area contributed by atoms with E-state index in [1.165, 1.54) is 12.3 Å². The smallest absolute Gasteiger partial charge is 0.204 e. The number of hydrogen-bond acceptors (Lipinski definition) is 8. The van der Waals surface area contributed by atoms with E-state index in [2.05, 4.69) is 9.80 Å². The van der Waals surface area contributed by atoms with Crippen LogP contribution in [-0.2, 0) is 0 Å². The minimum absolute atomic E-state index is 0.0421. The number of ether oxygens (including phenoxy) is 1. The maximum absolute atomic E-state index is 12.8. The van der Waals surface area contributed by atoms with Crippen molar-refractivity contribution in [3.8, 4) is 28.4 Å². The Kier molecular flexibility index (Phi) is 7.49. The van der Waals surface area contributed by atoms with E-state index >= 15 is 0 Å². The SMILES string of the molecule is O=c1c(-c2ccc(OCCCCN3CCN(CCO)CC3)cc2)coc2cc(O)cc(O)c12. The van der Waals surface area contributed by atoms with Crippen molar-refractivity contribution in [2.75, 3.05) is 52.5 Å². The molecule has 0 spiro atoms. The second-order valence-electron chi connectivity index (χ2n) is 8.30. The van der Waals surface area contributed by atoms with Crippen LogP contribution in [-0.4, -0.2) is 77.6 Å². The molecular formula is C25H30N2O6. The van der Waals surface area contributed by atoms with Gasteiger partial charge < -0.3 is 29.4 Å². The van der Waals surface area contributed by atoms with Gasteiger partial charge >= 0.3 is 0 Å². The molecule has 0 amide bonds. The quantitative estimate of drug-likeness (QED) is 0.424. The molecule has 1 aliphatic rings. The van der Waals surface area contributed by atoms with Gasteiger partial charge in [-0.3, -0.25) is 9.69 Å². The van der Waals surface area contributed by atoms with E-state index in [1.54, 1.807) is 12.1 Å². The lowest BCUT2D eigenvalue weighted by Gasteiger charge is -2.34. The van der Waals surface area contributed by atoms with Crippen molar-refractivity contribution < 1.29 is 24.5 Å². The molecule has 4 rings (SSSR count). The van der Waals surface area contributed by atoms with Gasteiger partial charge in [-0.2, -0.15) is 0 Å². The topological polar surface area (TPSA) is 107 Å². The van der Waals surface area contributed by atoms with Crippen LogP contribution in [0.5, 0.6) is 17.2 Å². The highest BCUT2D eigenvalue weighted by atomic mass is 16.5. The summed E-state index contributed by atoms with van der Waals surface area (Å²) in [6.07, 6.45) is 3.36. The van der Waals surface area contributed by atoms with Crippen molar-refractivity contribution in [1.82, 2.24) is 9.80 Å². The van der Waals surface area contributed by atoms with Crippen LogP contribution >= 0.6 is 0 Å². The lowest BCUT2D eigenvalue weighted by molar-refractivity contribution is 0.110. The number of fused-ring (bicyclic) bond motifs is 1. The van der Waals surface area contributed by atoms with E-state index < -0.39 is 0 Å². The lowest BCUT2D eigenvalue weighted by Crippen LogP contribution is -2.47. The summed E-state index contributed by atoms with van der Waals surface area (Å²) in [6, 6.07) is 9.63. The van der Waals surface area contributed by atoms with E-state index in [0.29, 0.717) is 17.7 Å². The molecule has 8 nitrogen and oxygen atoms in total. The number of aliphatic hydroxyl groups is 1. The summed E-state index contributed by atoms with van der Waals surface area (Å²) in [6.45, 7) is 6.79. The molecule has 3 aromatic rings. The Labute approximate surface area is 192 Å². The molecule has 0 saturated carbocycles. The Hall–Kier alpha value is -3.07. The van der Waals surface area contributed by atoms with Crippen LogP contribution in [0, 0.1) is 0 Å². The maximum Gasteiger partial charge on any atom is 0.204 e. The van der Waals surface area contributed by atoms with Gasteiger partial charge in [-0.05, 0) is 37.1 Å². The molecule has 176 valence electrons. The molecule has 0 unspecified atom stereocenters. The first-order chi connectivity index (χ1) is 16.0. The number of nitrogens with zero attached hydrogens (tertiary/aromatic N) is 2. The molecule has 33 heavy (non-hydrogen) atoms. The number of β-amino-alcohol motifs (C(OH)–C–C–N with tert-alkyl or cyclic N) is 1. The third-order valence-electron chi connectivity index (χ3n) is 6.03. The Morgan fingerprint density at radius 1 is 0.939 bits per heavy atom. The van der Waals surface area contributed by atoms with Crippen LogP contribution in [0.1, 0.15) is 12.8 Å². The van der Waals surface area contributed by atoms with Gasteiger partial charge in [0.2, 0.25) is 5.43 Å². The maximum atomic E-state index is 12.8. The summed E-state index contributed by atoms with van der Waals surface area (Å²) in [4.78, 5) is 17.6. The average Bonchev–Trinajstić information content (AvgIpc) is 2.80. The normalized spacial score (nSPS) is 15.2. The predicted octanol–water partition coefficient (Wildman–Crippen LogP) is 2.64. The van der Waals surface area contributed by atoms with Crippen molar-refractivity contribution in [3.05, 3.63) is 52.9 Å². The van der Waals surface area contributed by atoms with Gasteiger partial charge in [-0.25, -0.2) is 0 Å². The van der Waals surface area contributed by atoms with Crippen molar-refractivity contribution in [3.63, 3.8) is 0 Å². The van der Waals surface area contributed by atoms with Gasteiger partial charge in [0, 0.05) is 44.9 Å². The fourth-order valence-electron chi connectivity index (χ4n) is 4.15. The predicted molar refractivity (Wildman–Crippen MR) is 126 cm³/mol. The van der Waals surface area contributed by atoms with Gasteiger partial charge in [0.15, 0.2) is 0 Å². The van der Waals surface area contributed by atoms with Crippen molar-refractivity contribution >= 4 is 11.0 Å². The largest absolute Gasteiger partial charge is 0.508 e. The Bertz CT molecular complexity index is 1120. The van der Waals surface area contributed by atoms with Crippen LogP contribution < -0.4 is 10.2 Å². The minimum atomic E-state index is -0.361. The van der Waals surface area contributed by atoms with Crippen LogP contribution in [0.4, 0.5) is 0 Å². The summed E-state index contributed by atoms with van der Waals surface area (Å²) in [5.74, 6) is 0.250. The first-order valence-electron chi connectivity index (χ1n) is 11.3. The molecule has 2 aromatic carbocycles. The third kappa shape index (κ3) is 5.65. The molecule has 0 bridgehead atoms. The van der Waals surface area contributed by atoms with Gasteiger partial charge in [0.1, 0.15) is 34.5 Å². The molecule has 1 fully saturated rings. The summed E-state index contributed by atoms with van der Waals surface area (Å²) >= 11 is 0. The number of aromatic hydroxyl groups is 2. The van der Waals surface area contributed by atoms with Gasteiger partial charge in [0.25, 0.3) is 0 Å². The lowest BCUT2D eigenvalue weighted by atomic mass is 10.0. The van der Waals surface area contributed by atoms with Gasteiger partial charge in [0.05, 0.1) is 18.8 Å². The third-order valence-corrected chi connectivity index (χ3v) is 6.03. The zero-order chi connectivity index (χ0) is 23.2. The number of unbranched alkanes of at least 4 members (excludes halogenated alkanes) is 1. The van der Waals surface area contributed by atoms with E-state index in [-0.39, 0.29) is 34.5 Å². The molecule has 0 atom stereocenters. The summed E-state index contributed by atoms with van der Waals surface area (Å²) in [5, 5.41) is 28.7. The number of hydrogen-bond donors (Lipinski definition) is 3. The summed E-state index contributed by atoms with van der Waals surface area (Å²) in [5.41, 5.74) is 0.757.